The second-order valence-corrected chi connectivity index (χ2v) is 7.14. The Kier molecular flexibility index (Phi) is 6.58. The van der Waals surface area contributed by atoms with Gasteiger partial charge < -0.3 is 4.74 Å². The number of rotatable bonds is 7. The van der Waals surface area contributed by atoms with Crippen LogP contribution in [0.2, 0.25) is 0 Å². The van der Waals surface area contributed by atoms with E-state index in [1.54, 1.807) is 0 Å². The van der Waals surface area contributed by atoms with Gasteiger partial charge in [0.05, 0.1) is 5.92 Å². The van der Waals surface area contributed by atoms with E-state index in [-0.39, 0.29) is 29.1 Å². The molecule has 0 bridgehead atoms. The SMILES string of the molecule is O=C1CCCCC[C@H]1[C@@H](C[N+](=O)[O-])c1ccc(OCc2ccccc2)cc1. The molecule has 142 valence electrons. The summed E-state index contributed by atoms with van der Waals surface area (Å²) in [4.78, 5) is 23.4. The number of carbonyl (C=O) groups is 1. The van der Waals surface area contributed by atoms with E-state index in [1.165, 1.54) is 0 Å². The summed E-state index contributed by atoms with van der Waals surface area (Å²) in [7, 11) is 0. The maximum Gasteiger partial charge on any atom is 0.211 e. The van der Waals surface area contributed by atoms with Crippen molar-refractivity contribution < 1.29 is 14.5 Å². The standard InChI is InChI=1S/C22H25NO4/c24-22-10-6-2-5-9-20(22)21(15-23(25)26)18-11-13-19(14-12-18)27-16-17-7-3-1-4-8-17/h1,3-4,7-8,11-14,20-21H,2,5-6,9-10,15-16H2/t20-,21-/m0/s1. The number of hydrogen-bond acceptors (Lipinski definition) is 4. The lowest BCUT2D eigenvalue weighted by atomic mass is 9.80. The molecule has 0 saturated heterocycles. The van der Waals surface area contributed by atoms with Crippen molar-refractivity contribution in [2.45, 2.75) is 44.6 Å². The van der Waals surface area contributed by atoms with E-state index >= 15 is 0 Å². The maximum absolute atomic E-state index is 12.5. The number of carbonyl (C=O) groups excluding carboxylic acids is 1. The van der Waals surface area contributed by atoms with Crippen LogP contribution in [0.3, 0.4) is 0 Å². The second-order valence-electron chi connectivity index (χ2n) is 7.14. The molecule has 27 heavy (non-hydrogen) atoms. The Morgan fingerprint density at radius 2 is 1.78 bits per heavy atom. The molecule has 0 radical (unpaired) electrons. The molecule has 0 unspecified atom stereocenters. The molecule has 3 rings (SSSR count). The molecule has 1 saturated carbocycles. The van der Waals surface area contributed by atoms with Crippen LogP contribution >= 0.6 is 0 Å². The van der Waals surface area contributed by atoms with E-state index in [0.717, 1.165) is 42.6 Å². The molecule has 5 heteroatoms. The second kappa shape index (κ2) is 9.31. The van der Waals surface area contributed by atoms with Gasteiger partial charge in [-0.05, 0) is 36.1 Å². The summed E-state index contributed by atoms with van der Waals surface area (Å²) in [6.45, 7) is 0.264. The summed E-state index contributed by atoms with van der Waals surface area (Å²) in [5.74, 6) is 0.265. The van der Waals surface area contributed by atoms with Gasteiger partial charge in [-0.1, -0.05) is 55.3 Å². The minimum Gasteiger partial charge on any atom is -0.489 e. The quantitative estimate of drug-likeness (QED) is 0.401. The minimum atomic E-state index is -0.367. The van der Waals surface area contributed by atoms with Crippen LogP contribution in [0.4, 0.5) is 0 Å². The molecule has 0 N–H and O–H groups in total. The van der Waals surface area contributed by atoms with Crippen LogP contribution in [0, 0.1) is 16.0 Å². The third-order valence-corrected chi connectivity index (χ3v) is 5.24. The number of Topliss-reactive ketones (excluding diaryl/α,β-unsaturated/α-hetero) is 1. The summed E-state index contributed by atoms with van der Waals surface area (Å²) in [6, 6.07) is 17.3. The molecular formula is C22H25NO4. The van der Waals surface area contributed by atoms with Crippen molar-refractivity contribution in [2.75, 3.05) is 6.54 Å². The van der Waals surface area contributed by atoms with Crippen LogP contribution in [-0.2, 0) is 11.4 Å². The highest BCUT2D eigenvalue weighted by atomic mass is 16.6. The molecule has 0 amide bonds. The van der Waals surface area contributed by atoms with E-state index in [4.69, 9.17) is 4.74 Å². The number of benzene rings is 2. The normalized spacial score (nSPS) is 18.5. The van der Waals surface area contributed by atoms with Gasteiger partial charge in [0.1, 0.15) is 18.1 Å². The average molecular weight is 367 g/mol. The summed E-state index contributed by atoms with van der Waals surface area (Å²) < 4.78 is 5.79. The van der Waals surface area contributed by atoms with E-state index in [9.17, 15) is 14.9 Å². The van der Waals surface area contributed by atoms with Crippen LogP contribution in [0.15, 0.2) is 54.6 Å². The van der Waals surface area contributed by atoms with E-state index in [2.05, 4.69) is 0 Å². The third kappa shape index (κ3) is 5.39. The smallest absolute Gasteiger partial charge is 0.211 e. The van der Waals surface area contributed by atoms with Crippen LogP contribution in [0.5, 0.6) is 5.75 Å². The van der Waals surface area contributed by atoms with Crippen LogP contribution in [0.1, 0.15) is 49.1 Å². The van der Waals surface area contributed by atoms with E-state index in [1.807, 2.05) is 54.6 Å². The molecular weight excluding hydrogens is 342 g/mol. The molecule has 0 heterocycles. The molecule has 0 spiro atoms. The van der Waals surface area contributed by atoms with E-state index in [0.29, 0.717) is 13.0 Å². The predicted molar refractivity (Wildman–Crippen MR) is 103 cm³/mol. The van der Waals surface area contributed by atoms with Crippen LogP contribution in [0.25, 0.3) is 0 Å². The Hall–Kier alpha value is -2.69. The highest BCUT2D eigenvalue weighted by Gasteiger charge is 2.33. The Morgan fingerprint density at radius 1 is 1.04 bits per heavy atom. The molecule has 0 aromatic heterocycles. The van der Waals surface area contributed by atoms with E-state index < -0.39 is 0 Å². The zero-order valence-corrected chi connectivity index (χ0v) is 15.4. The molecule has 2 atom stereocenters. The van der Waals surface area contributed by atoms with Crippen molar-refractivity contribution in [1.29, 1.82) is 0 Å². The fourth-order valence-electron chi connectivity index (χ4n) is 3.79. The van der Waals surface area contributed by atoms with Gasteiger partial charge in [-0.25, -0.2) is 0 Å². The van der Waals surface area contributed by atoms with Crippen molar-refractivity contribution in [2.24, 2.45) is 5.92 Å². The molecule has 0 aliphatic heterocycles. The van der Waals surface area contributed by atoms with Gasteiger partial charge in [-0.3, -0.25) is 14.9 Å². The Morgan fingerprint density at radius 3 is 2.48 bits per heavy atom. The molecule has 1 aliphatic carbocycles. The lowest BCUT2D eigenvalue weighted by Gasteiger charge is -2.22. The van der Waals surface area contributed by atoms with Gasteiger partial charge in [0.15, 0.2) is 0 Å². The number of ketones is 1. The van der Waals surface area contributed by atoms with Crippen LogP contribution in [-0.4, -0.2) is 17.3 Å². The van der Waals surface area contributed by atoms with Gasteiger partial charge >= 0.3 is 0 Å². The first kappa shape index (κ1) is 19.1. The fourth-order valence-corrected chi connectivity index (χ4v) is 3.79. The number of nitro groups is 1. The first-order valence-corrected chi connectivity index (χ1v) is 9.54. The average Bonchev–Trinajstić information content (AvgIpc) is 2.90. The van der Waals surface area contributed by atoms with Crippen molar-refractivity contribution in [3.05, 3.63) is 75.8 Å². The molecule has 1 fully saturated rings. The monoisotopic (exact) mass is 367 g/mol. The number of nitrogens with zero attached hydrogens (tertiary/aromatic N) is 1. The topological polar surface area (TPSA) is 69.4 Å². The van der Waals surface area contributed by atoms with Crippen molar-refractivity contribution >= 4 is 5.78 Å². The van der Waals surface area contributed by atoms with Gasteiger partial charge in [-0.15, -0.1) is 0 Å². The minimum absolute atomic E-state index is 0.170. The van der Waals surface area contributed by atoms with Crippen molar-refractivity contribution in [1.82, 2.24) is 0 Å². The Labute approximate surface area is 159 Å². The summed E-state index contributed by atoms with van der Waals surface area (Å²) in [5.41, 5.74) is 1.93. The first-order chi connectivity index (χ1) is 13.1. The lowest BCUT2D eigenvalue weighted by Crippen LogP contribution is -2.27. The third-order valence-electron chi connectivity index (χ3n) is 5.24. The van der Waals surface area contributed by atoms with Gasteiger partial charge in [0.2, 0.25) is 6.54 Å². The largest absolute Gasteiger partial charge is 0.489 e. The zero-order chi connectivity index (χ0) is 19.1. The maximum atomic E-state index is 12.5. The highest BCUT2D eigenvalue weighted by Crippen LogP contribution is 2.34. The lowest BCUT2D eigenvalue weighted by molar-refractivity contribution is -0.484. The zero-order valence-electron chi connectivity index (χ0n) is 15.4. The number of ether oxygens (including phenoxy) is 1. The van der Waals surface area contributed by atoms with Gasteiger partial charge in [0.25, 0.3) is 0 Å². The van der Waals surface area contributed by atoms with Crippen molar-refractivity contribution in [3.63, 3.8) is 0 Å². The molecule has 1 aliphatic rings. The summed E-state index contributed by atoms with van der Waals surface area (Å²) in [6.07, 6.45) is 4.16. The van der Waals surface area contributed by atoms with Crippen molar-refractivity contribution in [3.8, 4) is 5.75 Å². The fraction of sp³-hybridized carbons (Fsp3) is 0.409. The van der Waals surface area contributed by atoms with Gasteiger partial charge in [0, 0.05) is 17.3 Å². The molecule has 2 aromatic rings. The molecule has 5 nitrogen and oxygen atoms in total. The highest BCUT2D eigenvalue weighted by molar-refractivity contribution is 5.82. The van der Waals surface area contributed by atoms with Crippen LogP contribution < -0.4 is 4.74 Å². The summed E-state index contributed by atoms with van der Waals surface area (Å²) in [5, 5.41) is 11.2. The first-order valence-electron chi connectivity index (χ1n) is 9.54. The van der Waals surface area contributed by atoms with Gasteiger partial charge in [-0.2, -0.15) is 0 Å². The Bertz CT molecular complexity index is 758. The number of hydrogen-bond donors (Lipinski definition) is 0. The predicted octanol–water partition coefficient (Wildman–Crippen LogP) is 4.78. The molecule has 2 aromatic carbocycles. The Balaban J connectivity index is 1.72. The summed E-state index contributed by atoms with van der Waals surface area (Å²) >= 11 is 0.